The Balaban J connectivity index is 2.19. The fraction of sp³-hybridized carbons (Fsp3) is 0.538. The number of benzene rings is 1. The van der Waals surface area contributed by atoms with Gasteiger partial charge < -0.3 is 9.47 Å². The molecule has 0 saturated heterocycles. The standard InChI is InChI=1S/C13H17Cl3O2Si/c1-3-4-7-13(2)17-9-10-8-11(19(14,15)16)5-6-12(10)18-13/h5-6,8H,3-4,7,9H2,1-2H3. The smallest absolute Gasteiger partial charge is 0.372 e. The van der Waals surface area contributed by atoms with Gasteiger partial charge in [0, 0.05) is 18.9 Å². The van der Waals surface area contributed by atoms with Crippen LogP contribution in [0, 0.1) is 0 Å². The topological polar surface area (TPSA) is 18.5 Å². The molecule has 1 heterocycles. The van der Waals surface area contributed by atoms with Crippen molar-refractivity contribution in [2.45, 2.75) is 45.5 Å². The quantitative estimate of drug-likeness (QED) is 0.599. The summed E-state index contributed by atoms with van der Waals surface area (Å²) in [5.74, 6) is 0.291. The van der Waals surface area contributed by atoms with Crippen LogP contribution in [0.15, 0.2) is 18.2 Å². The van der Waals surface area contributed by atoms with Gasteiger partial charge in [-0.05, 0) is 17.7 Å². The molecule has 106 valence electrons. The second kappa shape index (κ2) is 5.82. The molecule has 2 nitrogen and oxygen atoms in total. The van der Waals surface area contributed by atoms with Gasteiger partial charge in [-0.15, -0.1) is 33.2 Å². The van der Waals surface area contributed by atoms with Crippen molar-refractivity contribution in [1.82, 2.24) is 0 Å². The van der Waals surface area contributed by atoms with E-state index in [1.807, 2.05) is 25.1 Å². The van der Waals surface area contributed by atoms with Gasteiger partial charge in [0.1, 0.15) is 5.75 Å². The van der Waals surface area contributed by atoms with E-state index >= 15 is 0 Å². The zero-order chi connectivity index (χ0) is 14.1. The molecule has 6 heteroatoms. The molecular formula is C13H17Cl3O2Si. The number of hydrogen-bond donors (Lipinski definition) is 0. The van der Waals surface area contributed by atoms with Crippen LogP contribution in [0.3, 0.4) is 0 Å². The summed E-state index contributed by atoms with van der Waals surface area (Å²) in [5, 5.41) is 0.764. The molecule has 1 aliphatic rings. The molecule has 1 atom stereocenters. The van der Waals surface area contributed by atoms with Gasteiger partial charge in [-0.1, -0.05) is 25.5 Å². The Labute approximate surface area is 129 Å². The highest BCUT2D eigenvalue weighted by atomic mass is 35.8. The average Bonchev–Trinajstić information content (AvgIpc) is 2.34. The Hall–Kier alpha value is 0.0669. The van der Waals surface area contributed by atoms with Crippen molar-refractivity contribution >= 4 is 44.4 Å². The summed E-state index contributed by atoms with van der Waals surface area (Å²) in [5.41, 5.74) is 0.949. The lowest BCUT2D eigenvalue weighted by molar-refractivity contribution is -0.197. The number of rotatable bonds is 4. The highest BCUT2D eigenvalue weighted by molar-refractivity contribution is 7.69. The van der Waals surface area contributed by atoms with Crippen molar-refractivity contribution in [2.75, 3.05) is 0 Å². The van der Waals surface area contributed by atoms with Crippen LogP contribution in [0.1, 0.15) is 38.7 Å². The molecule has 2 rings (SSSR count). The molecule has 0 radical (unpaired) electrons. The molecule has 1 aromatic carbocycles. The summed E-state index contributed by atoms with van der Waals surface area (Å²) < 4.78 is 11.8. The normalized spacial score (nSPS) is 22.8. The average molecular weight is 340 g/mol. The monoisotopic (exact) mass is 338 g/mol. The Morgan fingerprint density at radius 2 is 2.05 bits per heavy atom. The van der Waals surface area contributed by atoms with E-state index in [4.69, 9.17) is 42.7 Å². The van der Waals surface area contributed by atoms with Crippen molar-refractivity contribution in [3.63, 3.8) is 0 Å². The zero-order valence-electron chi connectivity index (χ0n) is 11.0. The van der Waals surface area contributed by atoms with Gasteiger partial charge in [-0.2, -0.15) is 0 Å². The van der Waals surface area contributed by atoms with Crippen LogP contribution >= 0.6 is 33.2 Å². The summed E-state index contributed by atoms with van der Waals surface area (Å²) in [6.45, 7) is 4.62. The third kappa shape index (κ3) is 3.79. The first-order chi connectivity index (χ1) is 8.84. The molecule has 0 saturated carbocycles. The van der Waals surface area contributed by atoms with E-state index in [9.17, 15) is 0 Å². The maximum absolute atomic E-state index is 6.01. The molecule has 0 spiro atoms. The van der Waals surface area contributed by atoms with Gasteiger partial charge in [0.05, 0.1) is 6.61 Å². The molecule has 0 amide bonds. The number of fused-ring (bicyclic) bond motifs is 1. The van der Waals surface area contributed by atoms with Crippen molar-refractivity contribution in [3.05, 3.63) is 23.8 Å². The lowest BCUT2D eigenvalue weighted by atomic mass is 10.1. The Morgan fingerprint density at radius 1 is 1.32 bits per heavy atom. The Bertz CT molecular complexity index is 462. The molecule has 1 aromatic rings. The summed E-state index contributed by atoms with van der Waals surface area (Å²) in [6, 6.07) is 2.76. The fourth-order valence-corrected chi connectivity index (χ4v) is 3.75. The molecule has 1 unspecified atom stereocenters. The Morgan fingerprint density at radius 3 is 2.68 bits per heavy atom. The highest BCUT2D eigenvalue weighted by Gasteiger charge is 2.34. The van der Waals surface area contributed by atoms with Crippen LogP contribution in [0.4, 0.5) is 0 Å². The van der Waals surface area contributed by atoms with Gasteiger partial charge in [-0.25, -0.2) is 0 Å². The van der Waals surface area contributed by atoms with Gasteiger partial charge in [0.15, 0.2) is 0 Å². The maximum atomic E-state index is 6.01. The summed E-state index contributed by atoms with van der Waals surface area (Å²) in [7, 11) is 0. The number of unbranched alkanes of at least 4 members (excludes halogenated alkanes) is 1. The molecule has 1 aliphatic heterocycles. The van der Waals surface area contributed by atoms with Crippen LogP contribution in [0.25, 0.3) is 0 Å². The van der Waals surface area contributed by atoms with E-state index in [0.717, 1.165) is 35.8 Å². The zero-order valence-corrected chi connectivity index (χ0v) is 14.3. The van der Waals surface area contributed by atoms with Crippen LogP contribution < -0.4 is 9.92 Å². The van der Waals surface area contributed by atoms with Crippen LogP contribution in [-0.4, -0.2) is 11.8 Å². The molecule has 0 bridgehead atoms. The van der Waals surface area contributed by atoms with Gasteiger partial charge >= 0.3 is 6.00 Å². The van der Waals surface area contributed by atoms with Crippen LogP contribution in [0.2, 0.25) is 0 Å². The van der Waals surface area contributed by atoms with Crippen molar-refractivity contribution in [1.29, 1.82) is 0 Å². The van der Waals surface area contributed by atoms with Gasteiger partial charge in [0.25, 0.3) is 0 Å². The first-order valence-electron chi connectivity index (χ1n) is 6.37. The minimum atomic E-state index is -2.84. The lowest BCUT2D eigenvalue weighted by Crippen LogP contribution is -2.40. The molecule has 0 aliphatic carbocycles. The Kier molecular flexibility index (Phi) is 4.74. The number of halogens is 3. The number of hydrogen-bond acceptors (Lipinski definition) is 2. The van der Waals surface area contributed by atoms with Crippen molar-refractivity contribution in [3.8, 4) is 5.75 Å². The second-order valence-electron chi connectivity index (χ2n) is 4.95. The van der Waals surface area contributed by atoms with E-state index in [-0.39, 0.29) is 0 Å². The molecule has 0 fully saturated rings. The van der Waals surface area contributed by atoms with E-state index in [0.29, 0.717) is 6.61 Å². The molecule has 0 aromatic heterocycles. The summed E-state index contributed by atoms with van der Waals surface area (Å²) in [6.07, 6.45) is 3.07. The third-order valence-corrected chi connectivity index (χ3v) is 6.16. The maximum Gasteiger partial charge on any atom is 0.372 e. The van der Waals surface area contributed by atoms with Crippen molar-refractivity contribution in [2.24, 2.45) is 0 Å². The van der Waals surface area contributed by atoms with Gasteiger partial charge in [-0.3, -0.25) is 0 Å². The van der Waals surface area contributed by atoms with E-state index in [1.54, 1.807) is 0 Å². The predicted molar refractivity (Wildman–Crippen MR) is 82.7 cm³/mol. The summed E-state index contributed by atoms with van der Waals surface area (Å²) >= 11 is 18.0. The van der Waals surface area contributed by atoms with E-state index in [1.165, 1.54) is 0 Å². The molecular weight excluding hydrogens is 323 g/mol. The molecule has 0 N–H and O–H groups in total. The van der Waals surface area contributed by atoms with Crippen LogP contribution in [-0.2, 0) is 11.3 Å². The number of ether oxygens (including phenoxy) is 2. The lowest BCUT2D eigenvalue weighted by Gasteiger charge is -2.36. The largest absolute Gasteiger partial charge is 0.462 e. The fourth-order valence-electron chi connectivity index (χ4n) is 2.08. The first-order valence-corrected chi connectivity index (χ1v) is 11.4. The predicted octanol–water partition coefficient (Wildman–Crippen LogP) is 4.36. The highest BCUT2D eigenvalue weighted by Crippen LogP contribution is 2.34. The second-order valence-corrected chi connectivity index (χ2v) is 13.4. The van der Waals surface area contributed by atoms with Crippen molar-refractivity contribution < 1.29 is 9.47 Å². The minimum absolute atomic E-state index is 0.499. The minimum Gasteiger partial charge on any atom is -0.462 e. The SMILES string of the molecule is CCCCC1(C)OCc2cc([Si](Cl)(Cl)Cl)ccc2O1. The van der Waals surface area contributed by atoms with E-state index < -0.39 is 11.8 Å². The van der Waals surface area contributed by atoms with Crippen LogP contribution in [0.5, 0.6) is 5.75 Å². The van der Waals surface area contributed by atoms with E-state index in [2.05, 4.69) is 6.92 Å². The molecule has 19 heavy (non-hydrogen) atoms. The summed E-state index contributed by atoms with van der Waals surface area (Å²) in [4.78, 5) is 0. The first kappa shape index (κ1) is 15.5. The third-order valence-electron chi connectivity index (χ3n) is 3.23. The van der Waals surface area contributed by atoms with Gasteiger partial charge in [0.2, 0.25) is 5.79 Å².